The lowest BCUT2D eigenvalue weighted by atomic mass is 10.1. The van der Waals surface area contributed by atoms with Crippen LogP contribution in [0.3, 0.4) is 0 Å². The van der Waals surface area contributed by atoms with Gasteiger partial charge >= 0.3 is 0 Å². The van der Waals surface area contributed by atoms with E-state index >= 15 is 0 Å². The Balaban J connectivity index is 1.68. The Morgan fingerprint density at radius 3 is 2.60 bits per heavy atom. The van der Waals surface area contributed by atoms with E-state index in [0.717, 1.165) is 21.5 Å². The van der Waals surface area contributed by atoms with E-state index in [4.69, 9.17) is 0 Å². The van der Waals surface area contributed by atoms with E-state index in [2.05, 4.69) is 5.10 Å². The highest BCUT2D eigenvalue weighted by Crippen LogP contribution is 2.38. The highest BCUT2D eigenvalue weighted by Gasteiger charge is 2.30. The Morgan fingerprint density at radius 1 is 1.04 bits per heavy atom. The van der Waals surface area contributed by atoms with Crippen molar-refractivity contribution >= 4 is 40.1 Å². The van der Waals surface area contributed by atoms with Crippen LogP contribution < -0.4 is 5.01 Å². The number of hydrogen-bond donors (Lipinski definition) is 0. The van der Waals surface area contributed by atoms with Crippen LogP contribution in [0, 0.1) is 11.6 Å². The smallest absolute Gasteiger partial charge is 0.151 e. The summed E-state index contributed by atoms with van der Waals surface area (Å²) in [6.07, 6.45) is 4.66. The van der Waals surface area contributed by atoms with Crippen LogP contribution in [0.4, 0.5) is 14.5 Å². The van der Waals surface area contributed by atoms with Crippen LogP contribution >= 0.6 is 22.7 Å². The first kappa shape index (κ1) is 16.2. The van der Waals surface area contributed by atoms with Crippen molar-refractivity contribution in [3.63, 3.8) is 0 Å². The van der Waals surface area contributed by atoms with Gasteiger partial charge in [-0.05, 0) is 47.2 Å². The molecule has 126 valence electrons. The van der Waals surface area contributed by atoms with E-state index in [1.54, 1.807) is 27.7 Å². The van der Waals surface area contributed by atoms with Gasteiger partial charge in [0, 0.05) is 22.2 Å². The standard InChI is InChI=1S/C19H14F2N2S2/c20-13-5-8-17(16(21)11-13)23-18(19-4-2-10-25-19)12-14(22-23)6-7-15-3-1-9-24-15/h1-11,18H,12H2/t18-/m0/s1. The predicted molar refractivity (Wildman–Crippen MR) is 101 cm³/mol. The number of benzene rings is 1. The maximum atomic E-state index is 14.3. The van der Waals surface area contributed by atoms with Crippen LogP contribution in [0.5, 0.6) is 0 Å². The lowest BCUT2D eigenvalue weighted by molar-refractivity contribution is 0.574. The van der Waals surface area contributed by atoms with Crippen LogP contribution in [0.2, 0.25) is 0 Å². The Hall–Kier alpha value is -2.31. The number of allylic oxidation sites excluding steroid dienone is 1. The fourth-order valence-corrected chi connectivity index (χ4v) is 4.22. The number of hydrogen-bond acceptors (Lipinski definition) is 4. The molecule has 0 saturated carbocycles. The molecule has 3 heterocycles. The molecule has 1 aliphatic heterocycles. The summed E-state index contributed by atoms with van der Waals surface area (Å²) in [6.45, 7) is 0. The molecule has 2 aromatic heterocycles. The minimum atomic E-state index is -0.603. The number of rotatable bonds is 4. The average molecular weight is 372 g/mol. The van der Waals surface area contributed by atoms with E-state index in [0.29, 0.717) is 12.1 Å². The van der Waals surface area contributed by atoms with Crippen LogP contribution in [0.15, 0.2) is 64.4 Å². The minimum Gasteiger partial charge on any atom is -0.254 e. The molecule has 0 radical (unpaired) electrons. The molecular formula is C19H14F2N2S2. The van der Waals surface area contributed by atoms with Crippen molar-refractivity contribution in [3.05, 3.63) is 80.7 Å². The lowest BCUT2D eigenvalue weighted by Gasteiger charge is -2.23. The second-order valence-electron chi connectivity index (χ2n) is 5.62. The van der Waals surface area contributed by atoms with Gasteiger partial charge in [-0.25, -0.2) is 8.78 Å². The average Bonchev–Trinajstić information content (AvgIpc) is 3.34. The van der Waals surface area contributed by atoms with Gasteiger partial charge in [0.2, 0.25) is 0 Å². The first-order chi connectivity index (χ1) is 12.2. The van der Waals surface area contributed by atoms with Crippen LogP contribution in [0.25, 0.3) is 6.08 Å². The van der Waals surface area contributed by atoms with E-state index in [1.807, 2.05) is 47.2 Å². The third-order valence-corrected chi connectivity index (χ3v) is 5.76. The third kappa shape index (κ3) is 3.41. The van der Waals surface area contributed by atoms with Crippen molar-refractivity contribution in [3.8, 4) is 0 Å². The minimum absolute atomic E-state index is 0.0806. The highest BCUT2D eigenvalue weighted by molar-refractivity contribution is 7.10. The zero-order valence-corrected chi connectivity index (χ0v) is 14.7. The molecule has 25 heavy (non-hydrogen) atoms. The monoisotopic (exact) mass is 372 g/mol. The van der Waals surface area contributed by atoms with Gasteiger partial charge in [0.15, 0.2) is 5.82 Å². The Kier molecular flexibility index (Phi) is 4.46. The zero-order chi connectivity index (χ0) is 17.2. The summed E-state index contributed by atoms with van der Waals surface area (Å²) < 4.78 is 27.5. The van der Waals surface area contributed by atoms with E-state index in [-0.39, 0.29) is 6.04 Å². The molecule has 4 rings (SSSR count). The first-order valence-electron chi connectivity index (χ1n) is 7.77. The third-order valence-electron chi connectivity index (χ3n) is 3.95. The van der Waals surface area contributed by atoms with Gasteiger partial charge in [0.25, 0.3) is 0 Å². The number of thiophene rings is 2. The Morgan fingerprint density at radius 2 is 1.88 bits per heavy atom. The molecule has 1 aliphatic rings. The summed E-state index contributed by atoms with van der Waals surface area (Å²) in [6, 6.07) is 11.5. The molecule has 3 aromatic rings. The summed E-state index contributed by atoms with van der Waals surface area (Å²) >= 11 is 3.26. The van der Waals surface area contributed by atoms with Gasteiger partial charge in [0.05, 0.1) is 17.4 Å². The fraction of sp³-hybridized carbons (Fsp3) is 0.105. The maximum absolute atomic E-state index is 14.3. The molecule has 1 atom stereocenters. The highest BCUT2D eigenvalue weighted by atomic mass is 32.1. The number of anilines is 1. The first-order valence-corrected chi connectivity index (χ1v) is 9.53. The van der Waals surface area contributed by atoms with Crippen molar-refractivity contribution in [1.82, 2.24) is 0 Å². The van der Waals surface area contributed by atoms with Crippen LogP contribution in [-0.2, 0) is 0 Å². The maximum Gasteiger partial charge on any atom is 0.151 e. The predicted octanol–water partition coefficient (Wildman–Crippen LogP) is 6.11. The SMILES string of the molecule is Fc1ccc(N2N=C(C=Cc3cccs3)C[C@H]2c2cccs2)c(F)c1. The van der Waals surface area contributed by atoms with E-state index < -0.39 is 11.6 Å². The summed E-state index contributed by atoms with van der Waals surface area (Å²) in [5, 5.41) is 10.3. The second-order valence-corrected chi connectivity index (χ2v) is 7.57. The molecule has 0 bridgehead atoms. The molecule has 1 aromatic carbocycles. The molecule has 0 unspecified atom stereocenters. The zero-order valence-electron chi connectivity index (χ0n) is 13.1. The molecule has 0 N–H and O–H groups in total. The van der Waals surface area contributed by atoms with E-state index in [1.165, 1.54) is 12.1 Å². The molecule has 0 saturated heterocycles. The number of halogens is 2. The van der Waals surface area contributed by atoms with Gasteiger partial charge in [-0.1, -0.05) is 12.1 Å². The Labute approximate surface area is 152 Å². The van der Waals surface area contributed by atoms with E-state index in [9.17, 15) is 8.78 Å². The molecule has 0 amide bonds. The van der Waals surface area contributed by atoms with Gasteiger partial charge in [-0.15, -0.1) is 22.7 Å². The molecule has 2 nitrogen and oxygen atoms in total. The fourth-order valence-electron chi connectivity index (χ4n) is 2.79. The van der Waals surface area contributed by atoms with Gasteiger partial charge < -0.3 is 0 Å². The van der Waals surface area contributed by atoms with Crippen molar-refractivity contribution < 1.29 is 8.78 Å². The van der Waals surface area contributed by atoms with Gasteiger partial charge in [-0.3, -0.25) is 5.01 Å². The molecular weight excluding hydrogens is 358 g/mol. The normalized spacial score (nSPS) is 17.4. The molecule has 0 spiro atoms. The largest absolute Gasteiger partial charge is 0.254 e. The van der Waals surface area contributed by atoms with Gasteiger partial charge in [0.1, 0.15) is 5.82 Å². The Bertz CT molecular complexity index is 915. The molecule has 0 aliphatic carbocycles. The topological polar surface area (TPSA) is 15.6 Å². The van der Waals surface area contributed by atoms with Crippen molar-refractivity contribution in [1.29, 1.82) is 0 Å². The summed E-state index contributed by atoms with van der Waals surface area (Å²) in [7, 11) is 0. The van der Waals surface area contributed by atoms with Crippen molar-refractivity contribution in [2.75, 3.05) is 5.01 Å². The van der Waals surface area contributed by atoms with Crippen molar-refractivity contribution in [2.24, 2.45) is 5.10 Å². The lowest BCUT2D eigenvalue weighted by Crippen LogP contribution is -2.18. The van der Waals surface area contributed by atoms with Crippen LogP contribution in [0.1, 0.15) is 22.2 Å². The number of nitrogens with zero attached hydrogens (tertiary/aromatic N) is 2. The molecule has 6 heteroatoms. The number of hydrazone groups is 1. The summed E-state index contributed by atoms with van der Waals surface area (Å²) in [5.41, 5.74) is 1.16. The van der Waals surface area contributed by atoms with Crippen molar-refractivity contribution in [2.45, 2.75) is 12.5 Å². The molecule has 0 fully saturated rings. The summed E-state index contributed by atoms with van der Waals surface area (Å²) in [5.74, 6) is -1.19. The van der Waals surface area contributed by atoms with Crippen LogP contribution in [-0.4, -0.2) is 5.71 Å². The quantitative estimate of drug-likeness (QED) is 0.539. The second kappa shape index (κ2) is 6.90. The summed E-state index contributed by atoms with van der Waals surface area (Å²) in [4.78, 5) is 2.24. The van der Waals surface area contributed by atoms with Gasteiger partial charge in [-0.2, -0.15) is 5.10 Å².